The van der Waals surface area contributed by atoms with Crippen molar-refractivity contribution < 1.29 is 9.59 Å². The normalized spacial score (nSPS) is 41.5. The number of nitrogens with zero attached hydrogens (tertiary/aromatic N) is 1. The maximum Gasteiger partial charge on any atom is 0.226 e. The van der Waals surface area contributed by atoms with Gasteiger partial charge >= 0.3 is 0 Å². The fourth-order valence-electron chi connectivity index (χ4n) is 4.41. The van der Waals surface area contributed by atoms with Gasteiger partial charge in [-0.05, 0) is 50.9 Å². The lowest BCUT2D eigenvalue weighted by molar-refractivity contribution is -0.143. The van der Waals surface area contributed by atoms with E-state index in [0.717, 1.165) is 25.2 Å². The summed E-state index contributed by atoms with van der Waals surface area (Å²) in [7, 11) is 0. The van der Waals surface area contributed by atoms with Crippen LogP contribution in [0.1, 0.15) is 45.4 Å². The van der Waals surface area contributed by atoms with E-state index in [0.29, 0.717) is 18.4 Å². The summed E-state index contributed by atoms with van der Waals surface area (Å²) in [6.07, 6.45) is 6.60. The van der Waals surface area contributed by atoms with Crippen molar-refractivity contribution in [3.8, 4) is 0 Å². The van der Waals surface area contributed by atoms with E-state index in [1.807, 2.05) is 4.90 Å². The number of nitrogens with two attached hydrogens (primary N) is 1. The van der Waals surface area contributed by atoms with Gasteiger partial charge in [-0.3, -0.25) is 9.59 Å². The second-order valence-corrected chi connectivity index (χ2v) is 6.80. The van der Waals surface area contributed by atoms with Crippen LogP contribution in [-0.2, 0) is 9.59 Å². The van der Waals surface area contributed by atoms with Crippen LogP contribution in [0.2, 0.25) is 0 Å². The van der Waals surface area contributed by atoms with Gasteiger partial charge in [0.25, 0.3) is 0 Å². The van der Waals surface area contributed by atoms with E-state index in [9.17, 15) is 9.59 Å². The van der Waals surface area contributed by atoms with Crippen molar-refractivity contribution in [3.05, 3.63) is 0 Å². The summed E-state index contributed by atoms with van der Waals surface area (Å²) in [6.45, 7) is 2.64. The number of carbonyl (C=O) groups is 2. The third kappa shape index (κ3) is 2.26. The molecule has 4 heteroatoms. The molecule has 2 amide bonds. The lowest BCUT2D eigenvalue weighted by Crippen LogP contribution is -2.51. The number of hydrogen-bond acceptors (Lipinski definition) is 2. The highest BCUT2D eigenvalue weighted by Gasteiger charge is 2.46. The van der Waals surface area contributed by atoms with Gasteiger partial charge in [-0.25, -0.2) is 0 Å². The molecule has 3 fully saturated rings. The zero-order valence-electron chi connectivity index (χ0n) is 11.7. The highest BCUT2D eigenvalue weighted by Crippen LogP contribution is 2.49. The molecule has 0 aromatic rings. The van der Waals surface area contributed by atoms with Crippen LogP contribution in [0, 0.1) is 23.7 Å². The molecular formula is C15H24N2O2. The number of likely N-dealkylation sites (tertiary alicyclic amines) is 1. The van der Waals surface area contributed by atoms with E-state index in [1.165, 1.54) is 19.3 Å². The van der Waals surface area contributed by atoms with Crippen LogP contribution in [0.15, 0.2) is 0 Å². The number of rotatable bonds is 2. The van der Waals surface area contributed by atoms with Gasteiger partial charge in [0.1, 0.15) is 0 Å². The number of carbonyl (C=O) groups excluding carboxylic acids is 2. The Bertz CT molecular complexity index is 396. The maximum atomic E-state index is 12.7. The molecule has 0 unspecified atom stereocenters. The van der Waals surface area contributed by atoms with E-state index >= 15 is 0 Å². The first-order chi connectivity index (χ1) is 9.06. The van der Waals surface area contributed by atoms with E-state index in [1.54, 1.807) is 0 Å². The standard InChI is InChI=1S/C15H24N2O2/c1-9-2-4-12(14(16)18)8-17(9)15(19)13-7-10-3-5-11(13)6-10/h9-13H,2-8H2,1H3,(H2,16,18)/t9-,10+,11+,12-,13+/m1/s1. The fraction of sp³-hybridized carbons (Fsp3) is 0.867. The van der Waals surface area contributed by atoms with Crippen molar-refractivity contribution in [2.45, 2.75) is 51.5 Å². The molecule has 0 aromatic heterocycles. The second kappa shape index (κ2) is 4.80. The van der Waals surface area contributed by atoms with Crippen molar-refractivity contribution >= 4 is 11.8 Å². The van der Waals surface area contributed by atoms with Crippen LogP contribution in [0.3, 0.4) is 0 Å². The Morgan fingerprint density at radius 1 is 1.11 bits per heavy atom. The van der Waals surface area contributed by atoms with Gasteiger partial charge in [-0.2, -0.15) is 0 Å². The maximum absolute atomic E-state index is 12.7. The molecule has 1 saturated heterocycles. The lowest BCUT2D eigenvalue weighted by Gasteiger charge is -2.39. The molecular weight excluding hydrogens is 240 g/mol. The number of fused-ring (bicyclic) bond motifs is 2. The molecule has 4 nitrogen and oxygen atoms in total. The molecule has 2 N–H and O–H groups in total. The van der Waals surface area contributed by atoms with Crippen molar-refractivity contribution in [2.75, 3.05) is 6.54 Å². The summed E-state index contributed by atoms with van der Waals surface area (Å²) in [6, 6.07) is 0.266. The summed E-state index contributed by atoms with van der Waals surface area (Å²) in [5, 5.41) is 0. The average molecular weight is 264 g/mol. The van der Waals surface area contributed by atoms with Crippen LogP contribution >= 0.6 is 0 Å². The number of hydrogen-bond donors (Lipinski definition) is 1. The van der Waals surface area contributed by atoms with Gasteiger partial charge in [0.15, 0.2) is 0 Å². The first kappa shape index (κ1) is 12.9. The Labute approximate surface area is 114 Å². The van der Waals surface area contributed by atoms with Crippen LogP contribution in [0.25, 0.3) is 0 Å². The zero-order valence-corrected chi connectivity index (χ0v) is 11.7. The predicted octanol–water partition coefficient (Wildman–Crippen LogP) is 1.53. The van der Waals surface area contributed by atoms with Crippen LogP contribution < -0.4 is 5.73 Å². The van der Waals surface area contributed by atoms with Crippen LogP contribution in [-0.4, -0.2) is 29.3 Å². The minimum Gasteiger partial charge on any atom is -0.369 e. The first-order valence-electron chi connectivity index (χ1n) is 7.66. The molecule has 0 radical (unpaired) electrons. The topological polar surface area (TPSA) is 63.4 Å². The Balaban J connectivity index is 1.69. The Hall–Kier alpha value is -1.06. The molecule has 2 saturated carbocycles. The average Bonchev–Trinajstić information content (AvgIpc) is 3.00. The first-order valence-corrected chi connectivity index (χ1v) is 7.66. The monoisotopic (exact) mass is 264 g/mol. The largest absolute Gasteiger partial charge is 0.369 e. The third-order valence-corrected chi connectivity index (χ3v) is 5.62. The van der Waals surface area contributed by atoms with Gasteiger partial charge in [0.05, 0.1) is 5.92 Å². The molecule has 0 aromatic carbocycles. The van der Waals surface area contributed by atoms with Crippen molar-refractivity contribution in [2.24, 2.45) is 29.4 Å². The summed E-state index contributed by atoms with van der Waals surface area (Å²) < 4.78 is 0. The molecule has 3 aliphatic rings. The molecule has 0 spiro atoms. The molecule has 5 atom stereocenters. The Morgan fingerprint density at radius 2 is 1.89 bits per heavy atom. The predicted molar refractivity (Wildman–Crippen MR) is 72.0 cm³/mol. The van der Waals surface area contributed by atoms with Crippen molar-refractivity contribution in [3.63, 3.8) is 0 Å². The number of primary amides is 1. The minimum absolute atomic E-state index is 0.140. The van der Waals surface area contributed by atoms with Gasteiger partial charge in [-0.1, -0.05) is 6.42 Å². The van der Waals surface area contributed by atoms with Crippen LogP contribution in [0.5, 0.6) is 0 Å². The van der Waals surface area contributed by atoms with E-state index < -0.39 is 0 Å². The zero-order chi connectivity index (χ0) is 13.6. The van der Waals surface area contributed by atoms with E-state index in [-0.39, 0.29) is 23.8 Å². The Morgan fingerprint density at radius 3 is 2.47 bits per heavy atom. The van der Waals surface area contributed by atoms with Gasteiger partial charge in [-0.15, -0.1) is 0 Å². The third-order valence-electron chi connectivity index (χ3n) is 5.62. The molecule has 19 heavy (non-hydrogen) atoms. The summed E-state index contributed by atoms with van der Waals surface area (Å²) in [4.78, 5) is 26.1. The van der Waals surface area contributed by atoms with Crippen molar-refractivity contribution in [1.29, 1.82) is 0 Å². The number of amides is 2. The highest BCUT2D eigenvalue weighted by atomic mass is 16.2. The SMILES string of the molecule is C[C@@H]1CC[C@@H](C(N)=O)CN1C(=O)[C@H]1C[C@H]2CC[C@H]1C2. The highest BCUT2D eigenvalue weighted by molar-refractivity contribution is 5.82. The van der Waals surface area contributed by atoms with Gasteiger partial charge in [0, 0.05) is 18.5 Å². The number of piperidine rings is 1. The summed E-state index contributed by atoms with van der Waals surface area (Å²) >= 11 is 0. The molecule has 1 heterocycles. The van der Waals surface area contributed by atoms with Gasteiger partial charge in [0.2, 0.25) is 11.8 Å². The Kier molecular flexibility index (Phi) is 3.27. The molecule has 2 bridgehead atoms. The summed E-state index contributed by atoms with van der Waals surface area (Å²) in [5.74, 6) is 1.53. The summed E-state index contributed by atoms with van der Waals surface area (Å²) in [5.41, 5.74) is 5.41. The second-order valence-electron chi connectivity index (χ2n) is 6.80. The van der Waals surface area contributed by atoms with E-state index in [2.05, 4.69) is 6.92 Å². The quantitative estimate of drug-likeness (QED) is 0.822. The molecule has 3 rings (SSSR count). The minimum atomic E-state index is -0.252. The van der Waals surface area contributed by atoms with Gasteiger partial charge < -0.3 is 10.6 Å². The molecule has 106 valence electrons. The molecule has 2 aliphatic carbocycles. The van der Waals surface area contributed by atoms with Crippen molar-refractivity contribution in [1.82, 2.24) is 4.90 Å². The molecule has 1 aliphatic heterocycles. The fourth-order valence-corrected chi connectivity index (χ4v) is 4.41. The van der Waals surface area contributed by atoms with Crippen LogP contribution in [0.4, 0.5) is 0 Å². The smallest absolute Gasteiger partial charge is 0.226 e. The van der Waals surface area contributed by atoms with E-state index in [4.69, 9.17) is 5.73 Å². The lowest BCUT2D eigenvalue weighted by atomic mass is 9.85.